The van der Waals surface area contributed by atoms with Crippen LogP contribution in [0.1, 0.15) is 12.5 Å². The molecule has 3 N–H and O–H groups in total. The zero-order valence-electron chi connectivity index (χ0n) is 8.06. The molecule has 1 aromatic carbocycles. The van der Waals surface area contributed by atoms with Crippen LogP contribution in [-0.4, -0.2) is 12.6 Å². The lowest BCUT2D eigenvalue weighted by molar-refractivity contribution is 0.503. The Morgan fingerprint density at radius 2 is 2.07 bits per heavy atom. The van der Waals surface area contributed by atoms with Gasteiger partial charge in [0.2, 0.25) is 0 Å². The first-order chi connectivity index (χ1) is 6.63. The molecule has 1 aromatic rings. The molecule has 0 radical (unpaired) electrons. The molecule has 0 amide bonds. The van der Waals surface area contributed by atoms with E-state index in [9.17, 15) is 8.78 Å². The Kier molecular flexibility index (Phi) is 3.98. The smallest absolute Gasteiger partial charge is 0.159 e. The van der Waals surface area contributed by atoms with Crippen molar-refractivity contribution in [2.45, 2.75) is 19.5 Å². The van der Waals surface area contributed by atoms with Gasteiger partial charge in [0, 0.05) is 19.1 Å². The molecule has 2 nitrogen and oxygen atoms in total. The Hall–Kier alpha value is -1.00. The molecule has 0 aromatic heterocycles. The minimum absolute atomic E-state index is 0.170. The van der Waals surface area contributed by atoms with Crippen LogP contribution in [0.15, 0.2) is 18.2 Å². The molecule has 78 valence electrons. The second kappa shape index (κ2) is 5.02. The monoisotopic (exact) mass is 200 g/mol. The first-order valence-electron chi connectivity index (χ1n) is 4.51. The Morgan fingerprint density at radius 3 is 2.64 bits per heavy atom. The van der Waals surface area contributed by atoms with E-state index in [2.05, 4.69) is 5.32 Å². The van der Waals surface area contributed by atoms with Gasteiger partial charge in [0.25, 0.3) is 0 Å². The predicted molar refractivity (Wildman–Crippen MR) is 51.7 cm³/mol. The average molecular weight is 200 g/mol. The van der Waals surface area contributed by atoms with Crippen LogP contribution in [0.2, 0.25) is 0 Å². The largest absolute Gasteiger partial charge is 0.329 e. The molecule has 0 unspecified atom stereocenters. The molecule has 0 bridgehead atoms. The molecule has 1 atom stereocenters. The average Bonchev–Trinajstić information content (AvgIpc) is 2.19. The first-order valence-corrected chi connectivity index (χ1v) is 4.51. The van der Waals surface area contributed by atoms with E-state index in [0.717, 1.165) is 6.07 Å². The minimum Gasteiger partial charge on any atom is -0.329 e. The molecule has 0 aliphatic rings. The normalized spacial score (nSPS) is 12.9. The summed E-state index contributed by atoms with van der Waals surface area (Å²) in [7, 11) is 0. The van der Waals surface area contributed by atoms with E-state index >= 15 is 0 Å². The second-order valence-corrected chi connectivity index (χ2v) is 3.27. The molecule has 0 heterocycles. The molecular formula is C10H14F2N2. The summed E-state index contributed by atoms with van der Waals surface area (Å²) in [6.07, 6.45) is 0. The highest BCUT2D eigenvalue weighted by atomic mass is 19.2. The third kappa shape index (κ3) is 3.05. The topological polar surface area (TPSA) is 38.0 Å². The Labute approximate surface area is 82.1 Å². The highest BCUT2D eigenvalue weighted by molar-refractivity contribution is 5.17. The first kappa shape index (κ1) is 11.1. The predicted octanol–water partition coefficient (Wildman–Crippen LogP) is 1.40. The minimum atomic E-state index is -0.819. The summed E-state index contributed by atoms with van der Waals surface area (Å²) in [5.74, 6) is -1.63. The fourth-order valence-corrected chi connectivity index (χ4v) is 1.03. The van der Waals surface area contributed by atoms with Crippen molar-refractivity contribution in [2.75, 3.05) is 6.54 Å². The van der Waals surface area contributed by atoms with Crippen molar-refractivity contribution in [3.05, 3.63) is 35.4 Å². The third-order valence-corrected chi connectivity index (χ3v) is 1.99. The quantitative estimate of drug-likeness (QED) is 0.771. The molecule has 0 aliphatic carbocycles. The van der Waals surface area contributed by atoms with E-state index in [1.807, 2.05) is 6.92 Å². The Morgan fingerprint density at radius 1 is 1.36 bits per heavy atom. The Balaban J connectivity index is 2.55. The number of benzene rings is 1. The molecular weight excluding hydrogens is 186 g/mol. The number of nitrogens with two attached hydrogens (primary N) is 1. The zero-order chi connectivity index (χ0) is 10.6. The van der Waals surface area contributed by atoms with Gasteiger partial charge in [0.15, 0.2) is 11.6 Å². The van der Waals surface area contributed by atoms with Gasteiger partial charge in [-0.05, 0) is 24.6 Å². The zero-order valence-corrected chi connectivity index (χ0v) is 8.06. The lowest BCUT2D eigenvalue weighted by Gasteiger charge is -2.10. The standard InChI is InChI=1S/C10H14F2N2/c1-7(5-13)14-6-8-2-3-9(11)10(12)4-8/h2-4,7,14H,5-6,13H2,1H3/t7-/m0/s1. The van der Waals surface area contributed by atoms with E-state index in [-0.39, 0.29) is 6.04 Å². The van der Waals surface area contributed by atoms with Crippen LogP contribution in [0.4, 0.5) is 8.78 Å². The molecule has 0 aliphatic heterocycles. The van der Waals surface area contributed by atoms with Crippen LogP contribution in [0.5, 0.6) is 0 Å². The fourth-order valence-electron chi connectivity index (χ4n) is 1.03. The maximum Gasteiger partial charge on any atom is 0.159 e. The molecule has 0 fully saturated rings. The van der Waals surface area contributed by atoms with Gasteiger partial charge < -0.3 is 11.1 Å². The van der Waals surface area contributed by atoms with Gasteiger partial charge >= 0.3 is 0 Å². The molecule has 0 saturated carbocycles. The van der Waals surface area contributed by atoms with Crippen molar-refractivity contribution in [3.63, 3.8) is 0 Å². The van der Waals surface area contributed by atoms with Gasteiger partial charge in [-0.2, -0.15) is 0 Å². The lowest BCUT2D eigenvalue weighted by Crippen LogP contribution is -2.32. The van der Waals surface area contributed by atoms with Gasteiger partial charge in [0.05, 0.1) is 0 Å². The second-order valence-electron chi connectivity index (χ2n) is 3.27. The summed E-state index contributed by atoms with van der Waals surface area (Å²) in [4.78, 5) is 0. The summed E-state index contributed by atoms with van der Waals surface area (Å²) in [5, 5.41) is 3.08. The van der Waals surface area contributed by atoms with Crippen molar-refractivity contribution in [3.8, 4) is 0 Å². The Bertz CT molecular complexity index is 302. The fraction of sp³-hybridized carbons (Fsp3) is 0.400. The van der Waals surface area contributed by atoms with Crippen LogP contribution in [0.3, 0.4) is 0 Å². The van der Waals surface area contributed by atoms with Crippen molar-refractivity contribution in [2.24, 2.45) is 5.73 Å². The number of hydrogen-bond donors (Lipinski definition) is 2. The molecule has 14 heavy (non-hydrogen) atoms. The van der Waals surface area contributed by atoms with Crippen LogP contribution < -0.4 is 11.1 Å². The maximum absolute atomic E-state index is 12.8. The highest BCUT2D eigenvalue weighted by Gasteiger charge is 2.03. The SMILES string of the molecule is C[C@@H](CN)NCc1ccc(F)c(F)c1. The van der Waals surface area contributed by atoms with Crippen LogP contribution in [0, 0.1) is 11.6 Å². The summed E-state index contributed by atoms with van der Waals surface area (Å²) in [6, 6.07) is 4.03. The third-order valence-electron chi connectivity index (χ3n) is 1.99. The van der Waals surface area contributed by atoms with Crippen LogP contribution >= 0.6 is 0 Å². The summed E-state index contributed by atoms with van der Waals surface area (Å²) in [6.45, 7) is 2.94. The number of hydrogen-bond acceptors (Lipinski definition) is 2. The van der Waals surface area contributed by atoms with Gasteiger partial charge in [-0.3, -0.25) is 0 Å². The summed E-state index contributed by atoms with van der Waals surface area (Å²) < 4.78 is 25.3. The van der Waals surface area contributed by atoms with E-state index in [1.54, 1.807) is 6.07 Å². The molecule has 0 saturated heterocycles. The van der Waals surface area contributed by atoms with Crippen molar-refractivity contribution in [1.29, 1.82) is 0 Å². The summed E-state index contributed by atoms with van der Waals surface area (Å²) in [5.41, 5.74) is 6.11. The van der Waals surface area contributed by atoms with E-state index in [0.29, 0.717) is 18.7 Å². The number of halogens is 2. The molecule has 1 rings (SSSR count). The van der Waals surface area contributed by atoms with E-state index in [1.165, 1.54) is 6.07 Å². The van der Waals surface area contributed by atoms with Gasteiger partial charge in [0.1, 0.15) is 0 Å². The summed E-state index contributed by atoms with van der Waals surface area (Å²) >= 11 is 0. The van der Waals surface area contributed by atoms with Gasteiger partial charge in [-0.25, -0.2) is 8.78 Å². The van der Waals surface area contributed by atoms with Crippen LogP contribution in [0.25, 0.3) is 0 Å². The number of rotatable bonds is 4. The van der Waals surface area contributed by atoms with Gasteiger partial charge in [-0.1, -0.05) is 6.07 Å². The lowest BCUT2D eigenvalue weighted by atomic mass is 10.2. The maximum atomic E-state index is 12.8. The van der Waals surface area contributed by atoms with Crippen LogP contribution in [-0.2, 0) is 6.54 Å². The van der Waals surface area contributed by atoms with Gasteiger partial charge in [-0.15, -0.1) is 0 Å². The molecule has 4 heteroatoms. The number of nitrogens with one attached hydrogen (secondary N) is 1. The highest BCUT2D eigenvalue weighted by Crippen LogP contribution is 2.08. The van der Waals surface area contributed by atoms with E-state index in [4.69, 9.17) is 5.73 Å². The van der Waals surface area contributed by atoms with Crippen molar-refractivity contribution in [1.82, 2.24) is 5.32 Å². The molecule has 0 spiro atoms. The van der Waals surface area contributed by atoms with Crippen molar-refractivity contribution >= 4 is 0 Å². The van der Waals surface area contributed by atoms with E-state index < -0.39 is 11.6 Å². The van der Waals surface area contributed by atoms with Crippen molar-refractivity contribution < 1.29 is 8.78 Å².